The summed E-state index contributed by atoms with van der Waals surface area (Å²) in [6.07, 6.45) is 9.27. The van der Waals surface area contributed by atoms with Gasteiger partial charge in [-0.1, -0.05) is 6.92 Å². The number of nitrogens with zero attached hydrogens (tertiary/aromatic N) is 4. The average molecular weight is 365 g/mol. The van der Waals surface area contributed by atoms with Crippen molar-refractivity contribution in [3.63, 3.8) is 0 Å². The number of likely N-dealkylation sites (tertiary alicyclic amines) is 1. The van der Waals surface area contributed by atoms with Gasteiger partial charge in [-0.05, 0) is 62.2 Å². The Morgan fingerprint density at radius 1 is 1.19 bits per heavy atom. The van der Waals surface area contributed by atoms with Crippen molar-refractivity contribution in [2.24, 2.45) is 0 Å². The van der Waals surface area contributed by atoms with Gasteiger partial charge in [0.1, 0.15) is 11.6 Å². The number of aromatic amines is 1. The van der Waals surface area contributed by atoms with E-state index in [1.54, 1.807) is 7.11 Å². The van der Waals surface area contributed by atoms with Crippen LogP contribution in [0, 0.1) is 0 Å². The number of benzene rings is 1. The maximum absolute atomic E-state index is 5.26. The fourth-order valence-corrected chi connectivity index (χ4v) is 3.97. The minimum absolute atomic E-state index is 0.597. The molecule has 0 unspecified atom stereocenters. The van der Waals surface area contributed by atoms with E-state index in [2.05, 4.69) is 43.7 Å². The smallest absolute Gasteiger partial charge is 0.127 e. The van der Waals surface area contributed by atoms with E-state index in [1.165, 1.54) is 24.1 Å². The predicted molar refractivity (Wildman–Crippen MR) is 105 cm³/mol. The second-order valence-corrected chi connectivity index (χ2v) is 7.12. The van der Waals surface area contributed by atoms with Gasteiger partial charge in [-0.25, -0.2) is 4.98 Å². The number of aromatic nitrogens is 4. The number of hydrogen-bond donors (Lipinski definition) is 1. The van der Waals surface area contributed by atoms with Crippen LogP contribution in [0.3, 0.4) is 0 Å². The molecule has 0 spiro atoms. The van der Waals surface area contributed by atoms with Crippen LogP contribution in [-0.4, -0.2) is 44.8 Å². The van der Waals surface area contributed by atoms with Gasteiger partial charge in [0.25, 0.3) is 0 Å². The summed E-state index contributed by atoms with van der Waals surface area (Å²) in [5.74, 6) is 2.54. The van der Waals surface area contributed by atoms with Crippen molar-refractivity contribution in [1.82, 2.24) is 24.6 Å². The molecule has 0 amide bonds. The Kier molecular flexibility index (Phi) is 5.25. The number of aryl methyl sites for hydroxylation is 1. The van der Waals surface area contributed by atoms with Crippen molar-refractivity contribution in [2.75, 3.05) is 20.2 Å². The monoisotopic (exact) mass is 365 g/mol. The fraction of sp³-hybridized carbons (Fsp3) is 0.429. The lowest BCUT2D eigenvalue weighted by atomic mass is 9.91. The summed E-state index contributed by atoms with van der Waals surface area (Å²) < 4.78 is 7.42. The summed E-state index contributed by atoms with van der Waals surface area (Å²) in [6.45, 7) is 5.24. The summed E-state index contributed by atoms with van der Waals surface area (Å²) in [5, 5.41) is 7.48. The predicted octanol–water partition coefficient (Wildman–Crippen LogP) is 3.55. The maximum Gasteiger partial charge on any atom is 0.127 e. The van der Waals surface area contributed by atoms with Crippen LogP contribution in [0.4, 0.5) is 0 Å². The molecule has 1 aliphatic rings. The lowest BCUT2D eigenvalue weighted by Crippen LogP contribution is -2.33. The van der Waals surface area contributed by atoms with Gasteiger partial charge in [-0.3, -0.25) is 10.00 Å². The van der Waals surface area contributed by atoms with E-state index in [0.717, 1.165) is 43.3 Å². The maximum atomic E-state index is 5.26. The van der Waals surface area contributed by atoms with Crippen molar-refractivity contribution >= 4 is 0 Å². The largest absolute Gasteiger partial charge is 0.497 e. The molecular formula is C21H27N5O. The van der Waals surface area contributed by atoms with Crippen molar-refractivity contribution in [3.8, 4) is 11.4 Å². The van der Waals surface area contributed by atoms with E-state index in [-0.39, 0.29) is 0 Å². The SMILES string of the molecule is CCc1cn[nH]c1C1CCN(Cc2nccn2-c2ccc(OC)cc2)CC1. The van der Waals surface area contributed by atoms with Gasteiger partial charge in [0.2, 0.25) is 0 Å². The van der Waals surface area contributed by atoms with Gasteiger partial charge < -0.3 is 9.30 Å². The molecule has 0 radical (unpaired) electrons. The Hall–Kier alpha value is -2.60. The normalized spacial score (nSPS) is 15.9. The van der Waals surface area contributed by atoms with E-state index < -0.39 is 0 Å². The van der Waals surface area contributed by atoms with Crippen molar-refractivity contribution < 1.29 is 4.74 Å². The molecule has 142 valence electrons. The first-order valence-electron chi connectivity index (χ1n) is 9.69. The molecule has 0 saturated carbocycles. The number of nitrogens with one attached hydrogen (secondary N) is 1. The van der Waals surface area contributed by atoms with Crippen molar-refractivity contribution in [3.05, 3.63) is 59.9 Å². The van der Waals surface area contributed by atoms with Crippen molar-refractivity contribution in [1.29, 1.82) is 0 Å². The second kappa shape index (κ2) is 7.96. The first-order chi connectivity index (χ1) is 13.3. The molecule has 1 N–H and O–H groups in total. The van der Waals surface area contributed by atoms with Gasteiger partial charge in [0, 0.05) is 29.7 Å². The molecule has 3 aromatic rings. The van der Waals surface area contributed by atoms with Crippen LogP contribution in [0.2, 0.25) is 0 Å². The minimum atomic E-state index is 0.597. The summed E-state index contributed by atoms with van der Waals surface area (Å²) in [6, 6.07) is 8.11. The van der Waals surface area contributed by atoms with Gasteiger partial charge in [-0.15, -0.1) is 0 Å². The molecule has 1 aliphatic heterocycles. The van der Waals surface area contributed by atoms with Crippen LogP contribution < -0.4 is 4.74 Å². The van der Waals surface area contributed by atoms with Gasteiger partial charge in [0.05, 0.1) is 19.9 Å². The number of rotatable bonds is 6. The standard InChI is InChI=1S/C21H27N5O/c1-3-16-14-23-24-21(16)17-8-11-25(12-9-17)15-20-22-10-13-26(20)18-4-6-19(27-2)7-5-18/h4-7,10,13-14,17H,3,8-9,11-12,15H2,1-2H3,(H,23,24). The fourth-order valence-electron chi connectivity index (χ4n) is 3.97. The highest BCUT2D eigenvalue weighted by atomic mass is 16.5. The highest BCUT2D eigenvalue weighted by Crippen LogP contribution is 2.29. The van der Waals surface area contributed by atoms with Crippen molar-refractivity contribution in [2.45, 2.75) is 38.6 Å². The molecule has 1 saturated heterocycles. The van der Waals surface area contributed by atoms with Crippen LogP contribution in [0.15, 0.2) is 42.9 Å². The molecule has 0 atom stereocenters. The van der Waals surface area contributed by atoms with E-state index in [0.29, 0.717) is 5.92 Å². The number of imidazole rings is 1. The van der Waals surface area contributed by atoms with Gasteiger partial charge in [0.15, 0.2) is 0 Å². The van der Waals surface area contributed by atoms with Gasteiger partial charge in [-0.2, -0.15) is 5.10 Å². The molecule has 3 heterocycles. The number of ether oxygens (including phenoxy) is 1. The van der Waals surface area contributed by atoms with Crippen LogP contribution in [-0.2, 0) is 13.0 Å². The zero-order chi connectivity index (χ0) is 18.6. The average Bonchev–Trinajstić information content (AvgIpc) is 3.38. The molecule has 1 aromatic carbocycles. The lowest BCUT2D eigenvalue weighted by molar-refractivity contribution is 0.198. The molecule has 0 bridgehead atoms. The summed E-state index contributed by atoms with van der Waals surface area (Å²) >= 11 is 0. The summed E-state index contributed by atoms with van der Waals surface area (Å²) in [7, 11) is 1.69. The van der Waals surface area contributed by atoms with E-state index in [1.807, 2.05) is 30.7 Å². The Morgan fingerprint density at radius 3 is 2.67 bits per heavy atom. The van der Waals surface area contributed by atoms with E-state index in [4.69, 9.17) is 4.74 Å². The highest BCUT2D eigenvalue weighted by Gasteiger charge is 2.24. The zero-order valence-corrected chi connectivity index (χ0v) is 16.1. The molecule has 1 fully saturated rings. The highest BCUT2D eigenvalue weighted by molar-refractivity contribution is 5.38. The summed E-state index contributed by atoms with van der Waals surface area (Å²) in [4.78, 5) is 7.10. The quantitative estimate of drug-likeness (QED) is 0.726. The number of methoxy groups -OCH3 is 1. The molecule has 6 nitrogen and oxygen atoms in total. The Balaban J connectivity index is 1.40. The Bertz CT molecular complexity index is 859. The minimum Gasteiger partial charge on any atom is -0.497 e. The third-order valence-corrected chi connectivity index (χ3v) is 5.56. The van der Waals surface area contributed by atoms with Gasteiger partial charge >= 0.3 is 0 Å². The topological polar surface area (TPSA) is 59.0 Å². The number of piperidine rings is 1. The van der Waals surface area contributed by atoms with E-state index in [9.17, 15) is 0 Å². The lowest BCUT2D eigenvalue weighted by Gasteiger charge is -2.31. The molecule has 6 heteroatoms. The van der Waals surface area contributed by atoms with Crippen LogP contribution in [0.25, 0.3) is 5.69 Å². The third kappa shape index (κ3) is 3.76. The zero-order valence-electron chi connectivity index (χ0n) is 16.1. The Morgan fingerprint density at radius 2 is 1.96 bits per heavy atom. The third-order valence-electron chi connectivity index (χ3n) is 5.56. The molecule has 2 aromatic heterocycles. The molecule has 27 heavy (non-hydrogen) atoms. The van der Waals surface area contributed by atoms with Crippen LogP contribution in [0.5, 0.6) is 5.75 Å². The Labute approximate surface area is 160 Å². The molecular weight excluding hydrogens is 338 g/mol. The first kappa shape index (κ1) is 17.8. The first-order valence-corrected chi connectivity index (χ1v) is 9.69. The summed E-state index contributed by atoms with van der Waals surface area (Å²) in [5.41, 5.74) is 3.82. The molecule has 4 rings (SSSR count). The van der Waals surface area contributed by atoms with Crippen LogP contribution >= 0.6 is 0 Å². The molecule has 0 aliphatic carbocycles. The van der Waals surface area contributed by atoms with Crippen LogP contribution in [0.1, 0.15) is 42.8 Å². The number of hydrogen-bond acceptors (Lipinski definition) is 4. The second-order valence-electron chi connectivity index (χ2n) is 7.12. The van der Waals surface area contributed by atoms with E-state index >= 15 is 0 Å². The number of H-pyrrole nitrogens is 1.